The summed E-state index contributed by atoms with van der Waals surface area (Å²) in [7, 11) is 0. The summed E-state index contributed by atoms with van der Waals surface area (Å²) in [6, 6.07) is 8.30. The molecule has 3 rings (SSSR count). The molecule has 1 aromatic carbocycles. The summed E-state index contributed by atoms with van der Waals surface area (Å²) in [4.78, 5) is 8.65. The normalized spacial score (nSPS) is 17.7. The van der Waals surface area contributed by atoms with Crippen LogP contribution in [0.2, 0.25) is 0 Å². The van der Waals surface area contributed by atoms with Crippen LogP contribution in [0.4, 0.5) is 0 Å². The second kappa shape index (κ2) is 5.00. The van der Waals surface area contributed by atoms with Gasteiger partial charge < -0.3 is 4.74 Å². The minimum atomic E-state index is 0.503. The number of aromatic nitrogens is 2. The molecule has 98 valence electrons. The topological polar surface area (TPSA) is 35.0 Å². The maximum atomic E-state index is 5.83. The molecule has 0 N–H and O–H groups in total. The van der Waals surface area contributed by atoms with Gasteiger partial charge in [-0.15, -0.1) is 0 Å². The van der Waals surface area contributed by atoms with Gasteiger partial charge in [-0.2, -0.15) is 0 Å². The summed E-state index contributed by atoms with van der Waals surface area (Å²) in [5.74, 6) is 1.54. The summed E-state index contributed by atoms with van der Waals surface area (Å²) in [6.07, 6.45) is 3.69. The summed E-state index contributed by atoms with van der Waals surface area (Å²) < 4.78 is 5.83. The van der Waals surface area contributed by atoms with Crippen LogP contribution in [0.3, 0.4) is 0 Å². The predicted molar refractivity (Wildman–Crippen MR) is 74.3 cm³/mol. The summed E-state index contributed by atoms with van der Waals surface area (Å²) >= 11 is 0. The van der Waals surface area contributed by atoms with Crippen LogP contribution in [0.5, 0.6) is 5.75 Å². The Labute approximate surface area is 113 Å². The smallest absolute Gasteiger partial charge is 0.122 e. The summed E-state index contributed by atoms with van der Waals surface area (Å²) in [5.41, 5.74) is 4.74. The van der Waals surface area contributed by atoms with Crippen LogP contribution in [-0.2, 0) is 12.8 Å². The second-order valence-corrected chi connectivity index (χ2v) is 5.22. The van der Waals surface area contributed by atoms with E-state index in [9.17, 15) is 0 Å². The van der Waals surface area contributed by atoms with E-state index in [1.54, 1.807) is 6.33 Å². The average Bonchev–Trinajstić information content (AvgIpc) is 2.44. The molecule has 1 aliphatic heterocycles. The van der Waals surface area contributed by atoms with Crippen molar-refractivity contribution in [3.8, 4) is 5.75 Å². The zero-order chi connectivity index (χ0) is 13.2. The molecule has 3 nitrogen and oxygen atoms in total. The van der Waals surface area contributed by atoms with Crippen molar-refractivity contribution in [2.45, 2.75) is 26.7 Å². The van der Waals surface area contributed by atoms with E-state index in [-0.39, 0.29) is 0 Å². The number of nitrogens with zero attached hydrogens (tertiary/aromatic N) is 2. The number of ether oxygens (including phenoxy) is 1. The van der Waals surface area contributed by atoms with E-state index in [1.807, 2.05) is 19.1 Å². The Balaban J connectivity index is 1.77. The summed E-state index contributed by atoms with van der Waals surface area (Å²) in [6.45, 7) is 4.91. The number of para-hydroxylation sites is 1. The molecular weight excluding hydrogens is 236 g/mol. The van der Waals surface area contributed by atoms with Gasteiger partial charge in [-0.1, -0.05) is 18.2 Å². The lowest BCUT2D eigenvalue weighted by molar-refractivity contribution is 0.220. The van der Waals surface area contributed by atoms with Crippen LogP contribution in [0.1, 0.15) is 22.5 Å². The Morgan fingerprint density at radius 1 is 1.21 bits per heavy atom. The number of hydrogen-bond donors (Lipinski definition) is 0. The number of hydrogen-bond acceptors (Lipinski definition) is 3. The largest absolute Gasteiger partial charge is 0.493 e. The van der Waals surface area contributed by atoms with Crippen LogP contribution in [0.25, 0.3) is 0 Å². The van der Waals surface area contributed by atoms with E-state index in [1.165, 1.54) is 11.1 Å². The minimum absolute atomic E-state index is 0.503. The highest BCUT2D eigenvalue weighted by atomic mass is 16.5. The molecule has 1 aromatic heterocycles. The SMILES string of the molecule is Cc1ncnc(CC2COc3ccccc3C2)c1C. The summed E-state index contributed by atoms with van der Waals surface area (Å²) in [5, 5.41) is 0. The van der Waals surface area contributed by atoms with Crippen LogP contribution in [0, 0.1) is 19.8 Å². The number of aryl methyl sites for hydroxylation is 1. The van der Waals surface area contributed by atoms with E-state index in [0.29, 0.717) is 5.92 Å². The maximum Gasteiger partial charge on any atom is 0.122 e. The van der Waals surface area contributed by atoms with Gasteiger partial charge in [0.05, 0.1) is 6.61 Å². The van der Waals surface area contributed by atoms with Crippen LogP contribution >= 0.6 is 0 Å². The van der Waals surface area contributed by atoms with Gasteiger partial charge in [-0.05, 0) is 43.9 Å². The van der Waals surface area contributed by atoms with E-state index in [0.717, 1.165) is 36.6 Å². The van der Waals surface area contributed by atoms with Crippen molar-refractivity contribution < 1.29 is 4.74 Å². The van der Waals surface area contributed by atoms with E-state index < -0.39 is 0 Å². The fraction of sp³-hybridized carbons (Fsp3) is 0.375. The van der Waals surface area contributed by atoms with Crippen molar-refractivity contribution in [3.05, 3.63) is 53.1 Å². The van der Waals surface area contributed by atoms with Crippen LogP contribution in [0.15, 0.2) is 30.6 Å². The fourth-order valence-corrected chi connectivity index (χ4v) is 2.59. The Kier molecular flexibility index (Phi) is 3.20. The number of fused-ring (bicyclic) bond motifs is 1. The first-order valence-corrected chi connectivity index (χ1v) is 6.72. The molecule has 0 fully saturated rings. The van der Waals surface area contributed by atoms with Gasteiger partial charge >= 0.3 is 0 Å². The monoisotopic (exact) mass is 254 g/mol. The zero-order valence-electron chi connectivity index (χ0n) is 11.4. The molecular formula is C16H18N2O. The van der Waals surface area contributed by atoms with Crippen LogP contribution in [-0.4, -0.2) is 16.6 Å². The lowest BCUT2D eigenvalue weighted by atomic mass is 9.91. The zero-order valence-corrected chi connectivity index (χ0v) is 11.4. The van der Waals surface area contributed by atoms with Gasteiger partial charge in [0.25, 0.3) is 0 Å². The highest BCUT2D eigenvalue weighted by Gasteiger charge is 2.21. The number of benzene rings is 1. The molecule has 0 saturated heterocycles. The Bertz CT molecular complexity index is 595. The van der Waals surface area contributed by atoms with E-state index in [4.69, 9.17) is 4.74 Å². The Hall–Kier alpha value is -1.90. The molecule has 1 unspecified atom stereocenters. The highest BCUT2D eigenvalue weighted by Crippen LogP contribution is 2.28. The number of rotatable bonds is 2. The molecule has 0 aliphatic carbocycles. The first-order chi connectivity index (χ1) is 9.24. The lowest BCUT2D eigenvalue weighted by Gasteiger charge is -2.25. The maximum absolute atomic E-state index is 5.83. The van der Waals surface area contributed by atoms with Gasteiger partial charge in [0.15, 0.2) is 0 Å². The fourth-order valence-electron chi connectivity index (χ4n) is 2.59. The van der Waals surface area contributed by atoms with Gasteiger partial charge in [0.1, 0.15) is 12.1 Å². The molecule has 3 heteroatoms. The molecule has 0 spiro atoms. The lowest BCUT2D eigenvalue weighted by Crippen LogP contribution is -2.23. The van der Waals surface area contributed by atoms with Crippen molar-refractivity contribution in [2.24, 2.45) is 5.92 Å². The van der Waals surface area contributed by atoms with Gasteiger partial charge in [0.2, 0.25) is 0 Å². The van der Waals surface area contributed by atoms with E-state index >= 15 is 0 Å². The predicted octanol–water partition coefficient (Wildman–Crippen LogP) is 2.89. The van der Waals surface area contributed by atoms with E-state index in [2.05, 4.69) is 29.0 Å². The van der Waals surface area contributed by atoms with Gasteiger partial charge in [-0.3, -0.25) is 0 Å². The highest BCUT2D eigenvalue weighted by molar-refractivity contribution is 5.35. The Morgan fingerprint density at radius 3 is 2.95 bits per heavy atom. The van der Waals surface area contributed by atoms with Crippen molar-refractivity contribution in [2.75, 3.05) is 6.61 Å². The third kappa shape index (κ3) is 2.46. The molecule has 2 aromatic rings. The molecule has 0 bridgehead atoms. The second-order valence-electron chi connectivity index (χ2n) is 5.22. The molecule has 19 heavy (non-hydrogen) atoms. The third-order valence-corrected chi connectivity index (χ3v) is 3.88. The minimum Gasteiger partial charge on any atom is -0.493 e. The molecule has 2 heterocycles. The standard InChI is InChI=1S/C16H18N2O/c1-11-12(2)17-10-18-15(11)8-13-7-14-5-3-4-6-16(14)19-9-13/h3-6,10,13H,7-9H2,1-2H3. The van der Waals surface area contributed by atoms with Gasteiger partial charge in [-0.25, -0.2) is 9.97 Å². The van der Waals surface area contributed by atoms with Gasteiger partial charge in [0, 0.05) is 17.3 Å². The van der Waals surface area contributed by atoms with Crippen molar-refractivity contribution in [3.63, 3.8) is 0 Å². The molecule has 0 saturated carbocycles. The average molecular weight is 254 g/mol. The van der Waals surface area contributed by atoms with Crippen molar-refractivity contribution in [1.29, 1.82) is 0 Å². The first kappa shape index (κ1) is 12.2. The quantitative estimate of drug-likeness (QED) is 0.826. The molecule has 1 aliphatic rings. The Morgan fingerprint density at radius 2 is 2.05 bits per heavy atom. The third-order valence-electron chi connectivity index (χ3n) is 3.88. The van der Waals surface area contributed by atoms with Crippen molar-refractivity contribution in [1.82, 2.24) is 9.97 Å². The van der Waals surface area contributed by atoms with Crippen LogP contribution < -0.4 is 4.74 Å². The molecule has 0 radical (unpaired) electrons. The van der Waals surface area contributed by atoms with Crippen molar-refractivity contribution >= 4 is 0 Å². The first-order valence-electron chi connectivity index (χ1n) is 6.72. The molecule has 1 atom stereocenters. The molecule has 0 amide bonds.